The second-order valence-electron chi connectivity index (χ2n) is 5.37. The minimum absolute atomic E-state index is 0.0915. The lowest BCUT2D eigenvalue weighted by molar-refractivity contribution is 0.0937. The van der Waals surface area contributed by atoms with Crippen LogP contribution in [0, 0.1) is 12.8 Å². The first-order chi connectivity index (χ1) is 8.99. The lowest BCUT2D eigenvalue weighted by atomic mass is 10.0. The number of hydrogen-bond acceptors (Lipinski definition) is 3. The third kappa shape index (κ3) is 2.92. The summed E-state index contributed by atoms with van der Waals surface area (Å²) in [7, 11) is 0. The summed E-state index contributed by atoms with van der Waals surface area (Å²) in [5.41, 5.74) is 1.17. The molecule has 1 unspecified atom stereocenters. The molecule has 2 heterocycles. The topological polar surface area (TPSA) is 59.3 Å². The van der Waals surface area contributed by atoms with Gasteiger partial charge in [0, 0.05) is 12.2 Å². The van der Waals surface area contributed by atoms with Gasteiger partial charge in [0.1, 0.15) is 5.82 Å². The third-order valence-electron chi connectivity index (χ3n) is 3.05. The Hall–Kier alpha value is -1.91. The number of carbonyl (C=O) groups is 1. The summed E-state index contributed by atoms with van der Waals surface area (Å²) < 4.78 is 1.82. The average molecular weight is 260 g/mol. The highest BCUT2D eigenvalue weighted by Crippen LogP contribution is 2.11. The van der Waals surface area contributed by atoms with E-state index in [1.54, 1.807) is 6.07 Å². The zero-order chi connectivity index (χ0) is 14.0. The molecule has 0 fully saturated rings. The Kier molecular flexibility index (Phi) is 3.83. The van der Waals surface area contributed by atoms with Gasteiger partial charge in [0.05, 0.1) is 5.56 Å². The van der Waals surface area contributed by atoms with Crippen molar-refractivity contribution in [3.8, 4) is 0 Å². The summed E-state index contributed by atoms with van der Waals surface area (Å²) in [6.07, 6.45) is 2.82. The molecule has 5 nitrogen and oxygen atoms in total. The van der Waals surface area contributed by atoms with Gasteiger partial charge in [0.2, 0.25) is 0 Å². The highest BCUT2D eigenvalue weighted by atomic mass is 16.1. The Morgan fingerprint density at radius 1 is 1.37 bits per heavy atom. The number of pyridine rings is 1. The molecule has 0 radical (unpaired) electrons. The molecule has 0 spiro atoms. The lowest BCUT2D eigenvalue weighted by Gasteiger charge is -2.16. The molecule has 5 heteroatoms. The van der Waals surface area contributed by atoms with Crippen molar-refractivity contribution < 1.29 is 4.79 Å². The molecule has 102 valence electrons. The van der Waals surface area contributed by atoms with Crippen LogP contribution in [-0.2, 0) is 0 Å². The van der Waals surface area contributed by atoms with E-state index < -0.39 is 0 Å². The van der Waals surface area contributed by atoms with Crippen LogP contribution < -0.4 is 5.32 Å². The Morgan fingerprint density at radius 3 is 2.79 bits per heavy atom. The highest BCUT2D eigenvalue weighted by Gasteiger charge is 2.15. The van der Waals surface area contributed by atoms with Crippen LogP contribution in [0.1, 0.15) is 43.4 Å². The van der Waals surface area contributed by atoms with E-state index in [0.717, 1.165) is 12.2 Å². The van der Waals surface area contributed by atoms with E-state index in [4.69, 9.17) is 0 Å². The standard InChI is InChI=1S/C14H20N4O/c1-9(2)8-10(3)15-14(19)12-6-5-7-18-11(4)16-17-13(12)18/h5-7,9-10H,8H2,1-4H3,(H,15,19). The lowest BCUT2D eigenvalue weighted by Crippen LogP contribution is -2.33. The summed E-state index contributed by atoms with van der Waals surface area (Å²) >= 11 is 0. The van der Waals surface area contributed by atoms with Crippen molar-refractivity contribution in [3.63, 3.8) is 0 Å². The molecule has 1 atom stereocenters. The van der Waals surface area contributed by atoms with Crippen molar-refractivity contribution in [3.05, 3.63) is 29.7 Å². The second-order valence-corrected chi connectivity index (χ2v) is 5.37. The normalized spacial score (nSPS) is 12.9. The van der Waals surface area contributed by atoms with Crippen molar-refractivity contribution in [2.75, 3.05) is 0 Å². The Bertz CT molecular complexity index is 588. The summed E-state index contributed by atoms with van der Waals surface area (Å²) in [5.74, 6) is 1.24. The van der Waals surface area contributed by atoms with Crippen molar-refractivity contribution in [2.24, 2.45) is 5.92 Å². The first-order valence-electron chi connectivity index (χ1n) is 6.60. The fourth-order valence-corrected chi connectivity index (χ4v) is 2.28. The number of fused-ring (bicyclic) bond motifs is 1. The van der Waals surface area contributed by atoms with Crippen LogP contribution in [0.25, 0.3) is 5.65 Å². The van der Waals surface area contributed by atoms with E-state index in [-0.39, 0.29) is 11.9 Å². The number of nitrogens with one attached hydrogen (secondary N) is 1. The minimum Gasteiger partial charge on any atom is -0.349 e. The van der Waals surface area contributed by atoms with Gasteiger partial charge >= 0.3 is 0 Å². The number of nitrogens with zero attached hydrogens (tertiary/aromatic N) is 3. The molecule has 0 aliphatic rings. The van der Waals surface area contributed by atoms with Crippen molar-refractivity contribution in [1.29, 1.82) is 0 Å². The van der Waals surface area contributed by atoms with E-state index in [9.17, 15) is 4.79 Å². The van der Waals surface area contributed by atoms with Crippen LogP contribution in [0.15, 0.2) is 18.3 Å². The second kappa shape index (κ2) is 5.38. The molecule has 0 saturated carbocycles. The SMILES string of the molecule is Cc1nnc2c(C(=O)NC(C)CC(C)C)cccn12. The summed E-state index contributed by atoms with van der Waals surface area (Å²) in [5, 5.41) is 11.1. The number of aryl methyl sites for hydroxylation is 1. The van der Waals surface area contributed by atoms with Gasteiger partial charge in [-0.25, -0.2) is 0 Å². The van der Waals surface area contributed by atoms with Gasteiger partial charge in [-0.15, -0.1) is 10.2 Å². The summed E-state index contributed by atoms with van der Waals surface area (Å²) in [6, 6.07) is 3.77. The number of aromatic nitrogens is 3. The van der Waals surface area contributed by atoms with E-state index in [1.807, 2.05) is 30.5 Å². The van der Waals surface area contributed by atoms with E-state index in [0.29, 0.717) is 17.1 Å². The molecule has 1 N–H and O–H groups in total. The third-order valence-corrected chi connectivity index (χ3v) is 3.05. The van der Waals surface area contributed by atoms with Crippen molar-refractivity contribution in [1.82, 2.24) is 19.9 Å². The molecule has 1 amide bonds. The molecule has 0 saturated heterocycles. The Balaban J connectivity index is 2.22. The molecule has 0 bridgehead atoms. The van der Waals surface area contributed by atoms with Gasteiger partial charge in [-0.3, -0.25) is 9.20 Å². The molecule has 2 aromatic heterocycles. The fraction of sp³-hybridized carbons (Fsp3) is 0.500. The van der Waals surface area contributed by atoms with Crippen LogP contribution >= 0.6 is 0 Å². The molecular formula is C14H20N4O. The summed E-state index contributed by atoms with van der Waals surface area (Å²) in [6.45, 7) is 8.17. The zero-order valence-electron chi connectivity index (χ0n) is 11.8. The minimum atomic E-state index is -0.0915. The van der Waals surface area contributed by atoms with E-state index >= 15 is 0 Å². The van der Waals surface area contributed by atoms with Crippen molar-refractivity contribution >= 4 is 11.6 Å². The molecule has 0 aromatic carbocycles. The largest absolute Gasteiger partial charge is 0.349 e. The van der Waals surface area contributed by atoms with Gasteiger partial charge in [-0.1, -0.05) is 13.8 Å². The van der Waals surface area contributed by atoms with E-state index in [1.165, 1.54) is 0 Å². The zero-order valence-corrected chi connectivity index (χ0v) is 11.8. The Labute approximate surface area is 113 Å². The number of carbonyl (C=O) groups excluding carboxylic acids is 1. The highest BCUT2D eigenvalue weighted by molar-refractivity contribution is 5.99. The first kappa shape index (κ1) is 13.5. The van der Waals surface area contributed by atoms with Crippen LogP contribution in [-0.4, -0.2) is 26.5 Å². The maximum atomic E-state index is 12.3. The monoisotopic (exact) mass is 260 g/mol. The van der Waals surface area contributed by atoms with Gasteiger partial charge in [-0.05, 0) is 38.3 Å². The van der Waals surface area contributed by atoms with Crippen LogP contribution in [0.2, 0.25) is 0 Å². The van der Waals surface area contributed by atoms with Gasteiger partial charge in [0.25, 0.3) is 5.91 Å². The van der Waals surface area contributed by atoms with Crippen LogP contribution in [0.3, 0.4) is 0 Å². The van der Waals surface area contributed by atoms with Crippen molar-refractivity contribution in [2.45, 2.75) is 40.2 Å². The molecule has 0 aliphatic heterocycles. The number of rotatable bonds is 4. The predicted octanol–water partition coefficient (Wildman–Crippen LogP) is 2.20. The first-order valence-corrected chi connectivity index (χ1v) is 6.60. The molecule has 19 heavy (non-hydrogen) atoms. The Morgan fingerprint density at radius 2 is 2.11 bits per heavy atom. The smallest absolute Gasteiger partial charge is 0.255 e. The van der Waals surface area contributed by atoms with Gasteiger partial charge in [-0.2, -0.15) is 0 Å². The molecule has 2 rings (SSSR count). The predicted molar refractivity (Wildman–Crippen MR) is 74.1 cm³/mol. The maximum absolute atomic E-state index is 12.3. The molecular weight excluding hydrogens is 240 g/mol. The van der Waals surface area contributed by atoms with Gasteiger partial charge in [0.15, 0.2) is 5.65 Å². The fourth-order valence-electron chi connectivity index (χ4n) is 2.28. The van der Waals surface area contributed by atoms with Crippen LogP contribution in [0.4, 0.5) is 0 Å². The molecule has 0 aliphatic carbocycles. The number of amides is 1. The quantitative estimate of drug-likeness (QED) is 0.916. The van der Waals surface area contributed by atoms with Crippen LogP contribution in [0.5, 0.6) is 0 Å². The average Bonchev–Trinajstić information content (AvgIpc) is 2.70. The number of hydrogen-bond donors (Lipinski definition) is 1. The maximum Gasteiger partial charge on any atom is 0.255 e. The van der Waals surface area contributed by atoms with E-state index in [2.05, 4.69) is 29.4 Å². The summed E-state index contributed by atoms with van der Waals surface area (Å²) in [4.78, 5) is 12.3. The van der Waals surface area contributed by atoms with Gasteiger partial charge < -0.3 is 5.32 Å². The molecule has 2 aromatic rings.